The van der Waals surface area contributed by atoms with Crippen molar-refractivity contribution in [2.75, 3.05) is 31.1 Å². The van der Waals surface area contributed by atoms with Crippen molar-refractivity contribution >= 4 is 23.1 Å². The summed E-state index contributed by atoms with van der Waals surface area (Å²) in [5.74, 6) is 0.852. The molecule has 0 aromatic carbocycles. The lowest BCUT2D eigenvalue weighted by atomic mass is 10.2. The molecular weight excluding hydrogens is 320 g/mol. The van der Waals surface area contributed by atoms with Gasteiger partial charge in [-0.1, -0.05) is 6.92 Å². The highest BCUT2D eigenvalue weighted by atomic mass is 32.1. The molecule has 0 spiro atoms. The van der Waals surface area contributed by atoms with Crippen LogP contribution in [0, 0.1) is 11.3 Å². The second-order valence-electron chi connectivity index (χ2n) is 5.75. The zero-order valence-electron chi connectivity index (χ0n) is 13.7. The fourth-order valence-corrected chi connectivity index (χ4v) is 3.98. The Morgan fingerprint density at radius 1 is 1.33 bits per heavy atom. The molecule has 1 saturated heterocycles. The van der Waals surface area contributed by atoms with Gasteiger partial charge in [-0.05, 0) is 42.0 Å². The summed E-state index contributed by atoms with van der Waals surface area (Å²) in [5, 5.41) is 11.3. The van der Waals surface area contributed by atoms with E-state index < -0.39 is 0 Å². The number of carbonyl (C=O) groups is 1. The predicted molar refractivity (Wildman–Crippen MR) is 95.4 cm³/mol. The average Bonchev–Trinajstić information content (AvgIpc) is 2.97. The number of thiophene rings is 1. The molecule has 3 rings (SSSR count). The van der Waals surface area contributed by atoms with Crippen LogP contribution in [0.2, 0.25) is 0 Å². The number of amides is 1. The normalized spacial score (nSPS) is 15.0. The molecule has 6 heteroatoms. The Labute approximate surface area is 146 Å². The monoisotopic (exact) mass is 340 g/mol. The van der Waals surface area contributed by atoms with E-state index in [0.29, 0.717) is 18.7 Å². The second kappa shape index (κ2) is 7.45. The van der Waals surface area contributed by atoms with Crippen LogP contribution in [-0.4, -0.2) is 42.0 Å². The third-order valence-electron chi connectivity index (χ3n) is 4.31. The third-order valence-corrected chi connectivity index (χ3v) is 5.26. The van der Waals surface area contributed by atoms with Crippen molar-refractivity contribution in [3.8, 4) is 6.07 Å². The summed E-state index contributed by atoms with van der Waals surface area (Å²) in [7, 11) is 0. The van der Waals surface area contributed by atoms with Gasteiger partial charge < -0.3 is 9.80 Å². The molecule has 0 atom stereocenters. The van der Waals surface area contributed by atoms with E-state index in [1.54, 1.807) is 18.3 Å². The van der Waals surface area contributed by atoms with Gasteiger partial charge in [0.2, 0.25) is 0 Å². The van der Waals surface area contributed by atoms with E-state index in [-0.39, 0.29) is 5.91 Å². The number of hydrogen-bond donors (Lipinski definition) is 0. The highest BCUT2D eigenvalue weighted by Gasteiger charge is 2.24. The van der Waals surface area contributed by atoms with E-state index in [2.05, 4.69) is 22.9 Å². The van der Waals surface area contributed by atoms with Gasteiger partial charge in [-0.2, -0.15) is 5.26 Å². The molecule has 24 heavy (non-hydrogen) atoms. The van der Waals surface area contributed by atoms with Gasteiger partial charge in [-0.15, -0.1) is 11.3 Å². The maximum absolute atomic E-state index is 12.8. The first kappa shape index (κ1) is 16.5. The summed E-state index contributed by atoms with van der Waals surface area (Å²) < 4.78 is 0. The Morgan fingerprint density at radius 3 is 3.00 bits per heavy atom. The number of nitriles is 1. The molecule has 2 aromatic heterocycles. The minimum atomic E-state index is 0.130. The zero-order valence-corrected chi connectivity index (χ0v) is 14.6. The zero-order chi connectivity index (χ0) is 16.9. The molecule has 0 radical (unpaired) electrons. The number of hydrogen-bond acceptors (Lipinski definition) is 5. The summed E-state index contributed by atoms with van der Waals surface area (Å²) in [6.07, 6.45) is 3.47. The number of anilines is 1. The highest BCUT2D eigenvalue weighted by molar-refractivity contribution is 7.12. The molecule has 124 valence electrons. The highest BCUT2D eigenvalue weighted by Crippen LogP contribution is 2.22. The molecule has 1 amide bonds. The van der Waals surface area contributed by atoms with Crippen molar-refractivity contribution in [1.29, 1.82) is 5.26 Å². The number of aryl methyl sites for hydroxylation is 1. The number of carbonyl (C=O) groups excluding carboxylic acids is 1. The largest absolute Gasteiger partial charge is 0.354 e. The van der Waals surface area contributed by atoms with Gasteiger partial charge in [0.25, 0.3) is 5.91 Å². The molecule has 1 fully saturated rings. The molecule has 0 saturated carbocycles. The summed E-state index contributed by atoms with van der Waals surface area (Å²) in [6.45, 7) is 4.98. The minimum absolute atomic E-state index is 0.130. The molecule has 1 aliphatic rings. The lowest BCUT2D eigenvalue weighted by molar-refractivity contribution is 0.0771. The summed E-state index contributed by atoms with van der Waals surface area (Å²) >= 11 is 1.53. The van der Waals surface area contributed by atoms with E-state index in [9.17, 15) is 10.1 Å². The Bertz CT molecular complexity index is 764. The van der Waals surface area contributed by atoms with Crippen molar-refractivity contribution in [1.82, 2.24) is 9.88 Å². The Kier molecular flexibility index (Phi) is 5.11. The van der Waals surface area contributed by atoms with Crippen LogP contribution in [0.1, 0.15) is 34.1 Å². The van der Waals surface area contributed by atoms with Crippen LogP contribution < -0.4 is 4.90 Å². The SMILES string of the molecule is CCc1ccsc1C(=O)N1CCCN(c2ncccc2C#N)CC1. The summed E-state index contributed by atoms with van der Waals surface area (Å²) in [6, 6.07) is 7.80. The standard InChI is InChI=1S/C18H20N4OS/c1-2-14-6-12-24-16(14)18(23)22-9-4-8-21(10-11-22)17-15(13-19)5-3-7-20-17/h3,5-7,12H,2,4,8-11H2,1H3. The van der Waals surface area contributed by atoms with Crippen molar-refractivity contribution in [3.05, 3.63) is 45.8 Å². The van der Waals surface area contributed by atoms with Crippen LogP contribution in [0.15, 0.2) is 29.8 Å². The molecule has 0 unspecified atom stereocenters. The van der Waals surface area contributed by atoms with Gasteiger partial charge in [0.1, 0.15) is 11.9 Å². The van der Waals surface area contributed by atoms with E-state index in [1.165, 1.54) is 11.3 Å². The number of aromatic nitrogens is 1. The van der Waals surface area contributed by atoms with E-state index in [4.69, 9.17) is 0 Å². The second-order valence-corrected chi connectivity index (χ2v) is 6.66. The lowest BCUT2D eigenvalue weighted by Gasteiger charge is -2.23. The minimum Gasteiger partial charge on any atom is -0.354 e. The molecule has 5 nitrogen and oxygen atoms in total. The van der Waals surface area contributed by atoms with Crippen LogP contribution in [0.4, 0.5) is 5.82 Å². The van der Waals surface area contributed by atoms with Crippen LogP contribution in [0.3, 0.4) is 0 Å². The van der Waals surface area contributed by atoms with E-state index >= 15 is 0 Å². The van der Waals surface area contributed by atoms with Gasteiger partial charge in [-0.3, -0.25) is 4.79 Å². The first-order valence-corrected chi connectivity index (χ1v) is 9.08. The maximum Gasteiger partial charge on any atom is 0.264 e. The quantitative estimate of drug-likeness (QED) is 0.862. The summed E-state index contributed by atoms with van der Waals surface area (Å²) in [5.41, 5.74) is 1.71. The smallest absolute Gasteiger partial charge is 0.264 e. The Balaban J connectivity index is 1.74. The average molecular weight is 340 g/mol. The van der Waals surface area contributed by atoms with Crippen molar-refractivity contribution < 1.29 is 4.79 Å². The molecule has 2 aromatic rings. The fraction of sp³-hybridized carbons (Fsp3) is 0.389. The van der Waals surface area contributed by atoms with Crippen LogP contribution in [-0.2, 0) is 6.42 Å². The van der Waals surface area contributed by atoms with Gasteiger partial charge in [-0.25, -0.2) is 4.98 Å². The van der Waals surface area contributed by atoms with Crippen molar-refractivity contribution in [3.63, 3.8) is 0 Å². The summed E-state index contributed by atoms with van der Waals surface area (Å²) in [4.78, 5) is 22.1. The topological polar surface area (TPSA) is 60.2 Å². The van der Waals surface area contributed by atoms with E-state index in [0.717, 1.165) is 42.2 Å². The molecule has 0 bridgehead atoms. The maximum atomic E-state index is 12.8. The molecular formula is C18H20N4OS. The van der Waals surface area contributed by atoms with E-state index in [1.807, 2.05) is 16.3 Å². The molecule has 0 N–H and O–H groups in total. The van der Waals surface area contributed by atoms with Gasteiger partial charge in [0, 0.05) is 32.4 Å². The molecule has 0 aliphatic carbocycles. The number of nitrogens with zero attached hydrogens (tertiary/aromatic N) is 4. The van der Waals surface area contributed by atoms with Crippen LogP contribution in [0.5, 0.6) is 0 Å². The fourth-order valence-electron chi connectivity index (χ4n) is 3.01. The Morgan fingerprint density at radius 2 is 2.21 bits per heavy atom. The van der Waals surface area contributed by atoms with Gasteiger partial charge in [0.05, 0.1) is 10.4 Å². The molecule has 3 heterocycles. The number of pyridine rings is 1. The Hall–Kier alpha value is -2.39. The molecule has 1 aliphatic heterocycles. The van der Waals surface area contributed by atoms with Gasteiger partial charge >= 0.3 is 0 Å². The predicted octanol–water partition coefficient (Wildman–Crippen LogP) is 2.93. The van der Waals surface area contributed by atoms with Crippen molar-refractivity contribution in [2.45, 2.75) is 19.8 Å². The lowest BCUT2D eigenvalue weighted by Crippen LogP contribution is -2.35. The number of rotatable bonds is 3. The first-order chi connectivity index (χ1) is 11.7. The van der Waals surface area contributed by atoms with Crippen molar-refractivity contribution in [2.24, 2.45) is 0 Å². The van der Waals surface area contributed by atoms with Crippen LogP contribution in [0.25, 0.3) is 0 Å². The van der Waals surface area contributed by atoms with Crippen LogP contribution >= 0.6 is 11.3 Å². The third kappa shape index (κ3) is 3.26. The first-order valence-electron chi connectivity index (χ1n) is 8.20. The van der Waals surface area contributed by atoms with Gasteiger partial charge in [0.15, 0.2) is 0 Å².